The molecule has 27 heavy (non-hydrogen) atoms. The van der Waals surface area contributed by atoms with Crippen molar-refractivity contribution in [2.24, 2.45) is 0 Å². The predicted octanol–water partition coefficient (Wildman–Crippen LogP) is 8.06. The van der Waals surface area contributed by atoms with Crippen LogP contribution in [-0.2, 0) is 8.16 Å². The zero-order valence-electron chi connectivity index (χ0n) is 17.0. The SMILES string of the molecule is CCCCCCCCC(S)(S)c1nnsc1C(S)(S)CCCCCCCC. The Balaban J connectivity index is 2.54. The van der Waals surface area contributed by atoms with E-state index in [1.807, 2.05) is 0 Å². The van der Waals surface area contributed by atoms with Crippen LogP contribution in [-0.4, -0.2) is 9.59 Å². The molecule has 0 aliphatic rings. The largest absolute Gasteiger partial charge is 0.156 e. The second kappa shape index (κ2) is 14.1. The van der Waals surface area contributed by atoms with Crippen molar-refractivity contribution in [2.75, 3.05) is 0 Å². The van der Waals surface area contributed by atoms with Crippen molar-refractivity contribution >= 4 is 62.0 Å². The molecule has 0 saturated carbocycles. The van der Waals surface area contributed by atoms with Crippen molar-refractivity contribution in [1.29, 1.82) is 0 Å². The lowest BCUT2D eigenvalue weighted by Gasteiger charge is -2.27. The van der Waals surface area contributed by atoms with Gasteiger partial charge in [-0.2, -0.15) is 50.5 Å². The molecule has 0 radical (unpaired) electrons. The lowest BCUT2D eigenvalue weighted by Crippen LogP contribution is -2.19. The summed E-state index contributed by atoms with van der Waals surface area (Å²) in [5.74, 6) is 0. The maximum atomic E-state index is 4.86. The van der Waals surface area contributed by atoms with Gasteiger partial charge >= 0.3 is 0 Å². The number of thiol groups is 4. The molecule has 0 bridgehead atoms. The van der Waals surface area contributed by atoms with E-state index in [0.717, 1.165) is 36.3 Å². The molecule has 1 aromatic heterocycles. The van der Waals surface area contributed by atoms with E-state index in [9.17, 15) is 0 Å². The van der Waals surface area contributed by atoms with Crippen molar-refractivity contribution in [3.63, 3.8) is 0 Å². The molecular weight excluding hydrogens is 429 g/mol. The van der Waals surface area contributed by atoms with Gasteiger partial charge in [-0.1, -0.05) is 95.4 Å². The van der Waals surface area contributed by atoms with Crippen LogP contribution in [0.1, 0.15) is 114 Å². The number of rotatable bonds is 16. The highest BCUT2D eigenvalue weighted by atomic mass is 32.2. The van der Waals surface area contributed by atoms with E-state index >= 15 is 0 Å². The highest BCUT2D eigenvalue weighted by Crippen LogP contribution is 2.48. The second-order valence-electron chi connectivity index (χ2n) is 7.62. The molecule has 0 aromatic carbocycles. The van der Waals surface area contributed by atoms with Crippen LogP contribution in [0.2, 0.25) is 0 Å². The highest BCUT2D eigenvalue weighted by molar-refractivity contribution is 8.00. The molecule has 158 valence electrons. The monoisotopic (exact) mass is 466 g/mol. The normalized spacial score (nSPS) is 12.7. The van der Waals surface area contributed by atoms with Gasteiger partial charge < -0.3 is 0 Å². The average molecular weight is 467 g/mol. The summed E-state index contributed by atoms with van der Waals surface area (Å²) in [6.07, 6.45) is 16.9. The van der Waals surface area contributed by atoms with Crippen molar-refractivity contribution < 1.29 is 0 Å². The van der Waals surface area contributed by atoms with Gasteiger partial charge in [-0.05, 0) is 24.4 Å². The van der Waals surface area contributed by atoms with Crippen molar-refractivity contribution in [1.82, 2.24) is 9.59 Å². The van der Waals surface area contributed by atoms with E-state index in [1.165, 1.54) is 75.7 Å². The van der Waals surface area contributed by atoms with Crippen molar-refractivity contribution in [3.8, 4) is 0 Å². The topological polar surface area (TPSA) is 25.8 Å². The molecule has 1 aromatic rings. The van der Waals surface area contributed by atoms with Crippen LogP contribution in [0, 0.1) is 0 Å². The van der Waals surface area contributed by atoms with Gasteiger partial charge in [0.2, 0.25) is 0 Å². The van der Waals surface area contributed by atoms with Crippen molar-refractivity contribution in [3.05, 3.63) is 10.6 Å². The Morgan fingerprint density at radius 2 is 1.11 bits per heavy atom. The first-order chi connectivity index (χ1) is 12.8. The third-order valence-corrected chi connectivity index (χ3v) is 7.94. The Hall–Kier alpha value is 0.960. The Morgan fingerprint density at radius 1 is 0.667 bits per heavy atom. The first-order valence-corrected chi connectivity index (χ1v) is 13.1. The van der Waals surface area contributed by atoms with E-state index in [0.29, 0.717) is 0 Å². The molecular formula is C20H38N2S5. The molecule has 0 N–H and O–H groups in total. The molecule has 0 saturated heterocycles. The lowest BCUT2D eigenvalue weighted by molar-refractivity contribution is 0.566. The standard InChI is InChI=1S/C20H38N2S5/c1-3-5-7-9-11-13-15-19(23,24)17-18(27-22-21-17)20(25,26)16-14-12-10-8-6-4-2/h23-26H,3-16H2,1-2H3. The molecule has 0 atom stereocenters. The van der Waals surface area contributed by atoms with E-state index < -0.39 is 8.16 Å². The van der Waals surface area contributed by atoms with Gasteiger partial charge in [-0.15, -0.1) is 5.10 Å². The summed E-state index contributed by atoms with van der Waals surface area (Å²) < 4.78 is 3.12. The third kappa shape index (κ3) is 10.0. The second-order valence-corrected chi connectivity index (χ2v) is 12.1. The molecule has 1 heterocycles. The zero-order valence-corrected chi connectivity index (χ0v) is 21.4. The maximum absolute atomic E-state index is 4.86. The van der Waals surface area contributed by atoms with Crippen LogP contribution in [0.4, 0.5) is 0 Å². The van der Waals surface area contributed by atoms with Gasteiger partial charge in [0.05, 0.1) is 8.96 Å². The lowest BCUT2D eigenvalue weighted by atomic mass is 10.0. The van der Waals surface area contributed by atoms with Gasteiger partial charge in [-0.25, -0.2) is 0 Å². The Morgan fingerprint density at radius 3 is 1.63 bits per heavy atom. The molecule has 7 heteroatoms. The highest BCUT2D eigenvalue weighted by Gasteiger charge is 2.36. The Kier molecular flexibility index (Phi) is 13.5. The van der Waals surface area contributed by atoms with Gasteiger partial charge in [0.15, 0.2) is 0 Å². The van der Waals surface area contributed by atoms with Crippen LogP contribution in [0.25, 0.3) is 0 Å². The first-order valence-electron chi connectivity index (χ1n) is 10.6. The molecule has 0 aliphatic carbocycles. The number of hydrogen-bond donors (Lipinski definition) is 4. The summed E-state index contributed by atoms with van der Waals surface area (Å²) in [6.45, 7) is 4.49. The molecule has 1 rings (SSSR count). The van der Waals surface area contributed by atoms with Crippen molar-refractivity contribution in [2.45, 2.75) is 112 Å². The fourth-order valence-corrected chi connectivity index (χ4v) is 5.56. The number of hydrogen-bond acceptors (Lipinski definition) is 7. The molecule has 0 amide bonds. The molecule has 0 aliphatic heterocycles. The fraction of sp³-hybridized carbons (Fsp3) is 0.900. The van der Waals surface area contributed by atoms with Gasteiger partial charge in [0.1, 0.15) is 9.77 Å². The summed E-state index contributed by atoms with van der Waals surface area (Å²) in [5, 5.41) is 4.37. The summed E-state index contributed by atoms with van der Waals surface area (Å²) >= 11 is 20.8. The summed E-state index contributed by atoms with van der Waals surface area (Å²) in [6, 6.07) is 0. The van der Waals surface area contributed by atoms with E-state index in [1.54, 1.807) is 0 Å². The van der Waals surface area contributed by atoms with Gasteiger partial charge in [0, 0.05) is 0 Å². The van der Waals surface area contributed by atoms with Gasteiger partial charge in [0.25, 0.3) is 0 Å². The van der Waals surface area contributed by atoms with Crippen LogP contribution < -0.4 is 0 Å². The van der Waals surface area contributed by atoms with Crippen LogP contribution in [0.15, 0.2) is 0 Å². The number of unbranched alkanes of at least 4 members (excludes halogenated alkanes) is 10. The van der Waals surface area contributed by atoms with Crippen LogP contribution in [0.3, 0.4) is 0 Å². The Bertz CT molecular complexity index is 460. The zero-order chi connectivity index (χ0) is 20.2. The summed E-state index contributed by atoms with van der Waals surface area (Å²) in [5.41, 5.74) is 0.851. The van der Waals surface area contributed by atoms with Crippen LogP contribution in [0.5, 0.6) is 0 Å². The summed E-state index contributed by atoms with van der Waals surface area (Å²) in [7, 11) is 0. The minimum Gasteiger partial charge on any atom is -0.156 e. The fourth-order valence-electron chi connectivity index (χ4n) is 3.25. The minimum absolute atomic E-state index is 0.508. The minimum atomic E-state index is -0.565. The van der Waals surface area contributed by atoms with Gasteiger partial charge in [-0.3, -0.25) is 0 Å². The van der Waals surface area contributed by atoms with E-state index in [2.05, 4.69) is 23.4 Å². The molecule has 0 fully saturated rings. The maximum Gasteiger partial charge on any atom is 0.107 e. The molecule has 2 nitrogen and oxygen atoms in total. The summed E-state index contributed by atoms with van der Waals surface area (Å²) in [4.78, 5) is 1.01. The average Bonchev–Trinajstić information content (AvgIpc) is 3.13. The molecule has 0 unspecified atom stereocenters. The van der Waals surface area contributed by atoms with Crippen LogP contribution >= 0.6 is 62.0 Å². The predicted molar refractivity (Wildman–Crippen MR) is 135 cm³/mol. The van der Waals surface area contributed by atoms with E-state index in [-0.39, 0.29) is 0 Å². The number of aromatic nitrogens is 2. The number of nitrogens with zero attached hydrogens (tertiary/aromatic N) is 2. The third-order valence-electron chi connectivity index (χ3n) is 4.99. The quantitative estimate of drug-likeness (QED) is 0.113. The molecule has 0 spiro atoms. The first kappa shape index (κ1) is 26.0. The smallest absolute Gasteiger partial charge is 0.107 e. The Labute approximate surface area is 193 Å². The van der Waals surface area contributed by atoms with E-state index in [4.69, 9.17) is 50.5 Å².